The molecule has 0 bridgehead atoms. The zero-order valence-corrected chi connectivity index (χ0v) is 21.5. The third-order valence-electron chi connectivity index (χ3n) is 7.49. The van der Waals surface area contributed by atoms with Gasteiger partial charge in [0, 0.05) is 11.1 Å². The largest absolute Gasteiger partial charge is 0.486 e. The monoisotopic (exact) mass is 510 g/mol. The lowest BCUT2D eigenvalue weighted by molar-refractivity contribution is 0.299. The van der Waals surface area contributed by atoms with Crippen LogP contribution >= 0.6 is 0 Å². The average molecular weight is 511 g/mol. The molecule has 0 heterocycles. The van der Waals surface area contributed by atoms with Gasteiger partial charge in [-0.1, -0.05) is 74.7 Å². The van der Waals surface area contributed by atoms with E-state index in [9.17, 15) is 8.78 Å². The summed E-state index contributed by atoms with van der Waals surface area (Å²) in [7, 11) is 0. The van der Waals surface area contributed by atoms with E-state index < -0.39 is 23.3 Å². The Morgan fingerprint density at radius 1 is 0.757 bits per heavy atom. The van der Waals surface area contributed by atoms with Crippen LogP contribution in [0.4, 0.5) is 17.6 Å². The molecule has 196 valence electrons. The maximum absolute atomic E-state index is 15.2. The molecule has 0 radical (unpaired) electrons. The Hall–Kier alpha value is -3.08. The van der Waals surface area contributed by atoms with Gasteiger partial charge in [0.05, 0.1) is 0 Å². The van der Waals surface area contributed by atoms with Crippen LogP contribution in [0.15, 0.2) is 60.7 Å². The SMILES string of the molecule is CC=CCOc1ccc(-c2ccc(-c3ccc(C4CCC(CCCC)CC4)c(F)c3F)cc2)c(F)c1F. The average Bonchev–Trinajstić information content (AvgIpc) is 2.92. The lowest BCUT2D eigenvalue weighted by Gasteiger charge is -2.29. The second kappa shape index (κ2) is 12.4. The Balaban J connectivity index is 1.50. The van der Waals surface area contributed by atoms with Gasteiger partial charge in [-0.3, -0.25) is 0 Å². The maximum atomic E-state index is 15.2. The molecular formula is C32H34F4O. The van der Waals surface area contributed by atoms with E-state index in [1.54, 1.807) is 48.6 Å². The van der Waals surface area contributed by atoms with E-state index in [0.717, 1.165) is 25.7 Å². The normalized spacial score (nSPS) is 17.9. The number of rotatable bonds is 9. The van der Waals surface area contributed by atoms with E-state index in [4.69, 9.17) is 4.74 Å². The third kappa shape index (κ3) is 6.08. The number of hydrogen-bond acceptors (Lipinski definition) is 1. The van der Waals surface area contributed by atoms with Crippen molar-refractivity contribution in [3.8, 4) is 28.0 Å². The van der Waals surface area contributed by atoms with Crippen LogP contribution in [0.5, 0.6) is 5.75 Å². The van der Waals surface area contributed by atoms with E-state index in [0.29, 0.717) is 22.6 Å². The van der Waals surface area contributed by atoms with Gasteiger partial charge in [-0.05, 0) is 73.3 Å². The molecule has 0 aliphatic heterocycles. The molecule has 0 saturated heterocycles. The standard InChI is InChI=1S/C32H34F4O/c1-3-5-7-21-8-10-22(11-9-21)25-16-17-26(30(34)29(25)33)23-12-14-24(15-13-23)27-18-19-28(32(36)31(27)35)37-20-6-4-2/h4,6,12-19,21-22H,3,5,7-11,20H2,1-2H3. The topological polar surface area (TPSA) is 9.23 Å². The molecule has 1 fully saturated rings. The fraction of sp³-hybridized carbons (Fsp3) is 0.375. The van der Waals surface area contributed by atoms with Crippen LogP contribution in [0.3, 0.4) is 0 Å². The molecule has 5 heteroatoms. The Morgan fingerprint density at radius 2 is 1.35 bits per heavy atom. The van der Waals surface area contributed by atoms with Crippen molar-refractivity contribution in [3.63, 3.8) is 0 Å². The van der Waals surface area contributed by atoms with Gasteiger partial charge < -0.3 is 4.74 Å². The third-order valence-corrected chi connectivity index (χ3v) is 7.49. The molecule has 0 aromatic heterocycles. The Labute approximate surface area is 217 Å². The van der Waals surface area contributed by atoms with Gasteiger partial charge in [0.2, 0.25) is 5.82 Å². The van der Waals surface area contributed by atoms with E-state index >= 15 is 8.78 Å². The first-order valence-corrected chi connectivity index (χ1v) is 13.2. The van der Waals surface area contributed by atoms with Gasteiger partial charge in [-0.25, -0.2) is 13.2 Å². The number of halogens is 4. The van der Waals surface area contributed by atoms with Gasteiger partial charge in [-0.15, -0.1) is 0 Å². The summed E-state index contributed by atoms with van der Waals surface area (Å²) in [6, 6.07) is 12.5. The van der Waals surface area contributed by atoms with Gasteiger partial charge in [0.25, 0.3) is 0 Å². The van der Waals surface area contributed by atoms with Crippen LogP contribution in [-0.4, -0.2) is 6.61 Å². The summed E-state index contributed by atoms with van der Waals surface area (Å²) in [5.41, 5.74) is 1.59. The minimum absolute atomic E-state index is 0.0478. The molecule has 0 amide bonds. The van der Waals surface area contributed by atoms with Crippen molar-refractivity contribution in [1.29, 1.82) is 0 Å². The van der Waals surface area contributed by atoms with Crippen LogP contribution < -0.4 is 4.74 Å². The molecule has 0 atom stereocenters. The molecule has 0 N–H and O–H groups in total. The molecule has 4 rings (SSSR count). The van der Waals surface area contributed by atoms with Crippen molar-refractivity contribution in [3.05, 3.63) is 89.5 Å². The summed E-state index contributed by atoms with van der Waals surface area (Å²) in [5.74, 6) is -3.14. The second-order valence-corrected chi connectivity index (χ2v) is 9.89. The number of allylic oxidation sites excluding steroid dienone is 1. The Morgan fingerprint density at radius 3 is 1.95 bits per heavy atom. The van der Waals surface area contributed by atoms with Crippen LogP contribution in [0.25, 0.3) is 22.3 Å². The van der Waals surface area contributed by atoms with Gasteiger partial charge in [-0.2, -0.15) is 4.39 Å². The fourth-order valence-corrected chi connectivity index (χ4v) is 5.29. The van der Waals surface area contributed by atoms with Crippen LogP contribution in [0, 0.1) is 29.2 Å². The summed E-state index contributed by atoms with van der Waals surface area (Å²) >= 11 is 0. The first kappa shape index (κ1) is 27.0. The Bertz CT molecular complexity index is 1220. The molecule has 3 aromatic carbocycles. The summed E-state index contributed by atoms with van der Waals surface area (Å²) < 4.78 is 64.7. The number of benzene rings is 3. The van der Waals surface area contributed by atoms with Crippen molar-refractivity contribution in [2.45, 2.75) is 64.7 Å². The summed E-state index contributed by atoms with van der Waals surface area (Å²) in [5, 5.41) is 0. The van der Waals surface area contributed by atoms with E-state index in [1.165, 1.54) is 31.4 Å². The number of hydrogen-bond donors (Lipinski definition) is 0. The van der Waals surface area contributed by atoms with E-state index in [2.05, 4.69) is 6.92 Å². The number of ether oxygens (including phenoxy) is 1. The highest BCUT2D eigenvalue weighted by molar-refractivity contribution is 5.72. The fourth-order valence-electron chi connectivity index (χ4n) is 5.29. The first-order valence-electron chi connectivity index (χ1n) is 13.2. The molecule has 0 spiro atoms. The summed E-state index contributed by atoms with van der Waals surface area (Å²) in [6.45, 7) is 4.14. The molecule has 0 unspecified atom stereocenters. The highest BCUT2D eigenvalue weighted by Crippen LogP contribution is 2.40. The van der Waals surface area contributed by atoms with E-state index in [1.807, 2.05) is 6.92 Å². The molecule has 1 saturated carbocycles. The lowest BCUT2D eigenvalue weighted by Crippen LogP contribution is -2.15. The van der Waals surface area contributed by atoms with Crippen molar-refractivity contribution < 1.29 is 22.3 Å². The molecule has 1 aliphatic rings. The minimum Gasteiger partial charge on any atom is -0.486 e. The molecule has 1 aliphatic carbocycles. The smallest absolute Gasteiger partial charge is 0.201 e. The van der Waals surface area contributed by atoms with Crippen LogP contribution in [0.1, 0.15) is 70.3 Å². The van der Waals surface area contributed by atoms with Crippen LogP contribution in [-0.2, 0) is 0 Å². The van der Waals surface area contributed by atoms with Crippen LogP contribution in [0.2, 0.25) is 0 Å². The minimum atomic E-state index is -1.06. The van der Waals surface area contributed by atoms with Gasteiger partial charge in [0.15, 0.2) is 23.2 Å². The van der Waals surface area contributed by atoms with Crippen molar-refractivity contribution in [2.75, 3.05) is 6.61 Å². The van der Waals surface area contributed by atoms with Crippen molar-refractivity contribution in [2.24, 2.45) is 5.92 Å². The van der Waals surface area contributed by atoms with Gasteiger partial charge >= 0.3 is 0 Å². The predicted molar refractivity (Wildman–Crippen MR) is 142 cm³/mol. The molecule has 37 heavy (non-hydrogen) atoms. The van der Waals surface area contributed by atoms with Gasteiger partial charge in [0.1, 0.15) is 6.61 Å². The zero-order valence-electron chi connectivity index (χ0n) is 21.5. The highest BCUT2D eigenvalue weighted by atomic mass is 19.2. The molecule has 1 nitrogen and oxygen atoms in total. The summed E-state index contributed by atoms with van der Waals surface area (Å²) in [4.78, 5) is 0. The highest BCUT2D eigenvalue weighted by Gasteiger charge is 2.26. The quantitative estimate of drug-likeness (QED) is 0.206. The van der Waals surface area contributed by atoms with Crippen molar-refractivity contribution in [1.82, 2.24) is 0 Å². The number of unbranched alkanes of at least 4 members (excludes halogenated alkanes) is 1. The first-order chi connectivity index (χ1) is 17.9. The lowest BCUT2D eigenvalue weighted by atomic mass is 9.76. The maximum Gasteiger partial charge on any atom is 0.201 e. The zero-order chi connectivity index (χ0) is 26.4. The molecule has 3 aromatic rings. The van der Waals surface area contributed by atoms with E-state index in [-0.39, 0.29) is 29.4 Å². The molecular weight excluding hydrogens is 476 g/mol. The summed E-state index contributed by atoms with van der Waals surface area (Å²) in [6.07, 6.45) is 11.0. The predicted octanol–water partition coefficient (Wildman–Crippen LogP) is 10.00. The second-order valence-electron chi connectivity index (χ2n) is 9.89. The van der Waals surface area contributed by atoms with Crippen molar-refractivity contribution >= 4 is 0 Å². The Kier molecular flexibility index (Phi) is 9.07.